The zero-order chi connectivity index (χ0) is 17.6. The lowest BCUT2D eigenvalue weighted by atomic mass is 9.73. The molecular weight excluding hydrogens is 324 g/mol. The summed E-state index contributed by atoms with van der Waals surface area (Å²) in [5.41, 5.74) is 0.519. The highest BCUT2D eigenvalue weighted by Crippen LogP contribution is 2.43. The minimum absolute atomic E-state index is 0.161. The standard InChI is InChI=1S/C17H34N4O2S/c1-4-24(22,23)20(3)13-8-12-19-16(18-2)21-14-11-17(15-21)9-6-5-7-10-17/h4-15H2,1-3H3,(H,18,19). The molecule has 1 saturated carbocycles. The van der Waals surface area contributed by atoms with E-state index in [2.05, 4.69) is 15.2 Å². The van der Waals surface area contributed by atoms with Gasteiger partial charge in [0.05, 0.1) is 5.75 Å². The van der Waals surface area contributed by atoms with Crippen molar-refractivity contribution in [3.05, 3.63) is 0 Å². The fourth-order valence-electron chi connectivity index (χ4n) is 4.02. The lowest BCUT2D eigenvalue weighted by molar-refractivity contribution is 0.203. The monoisotopic (exact) mass is 358 g/mol. The lowest BCUT2D eigenvalue weighted by Gasteiger charge is -2.33. The number of rotatable bonds is 6. The predicted octanol–water partition coefficient (Wildman–Crippen LogP) is 1.89. The van der Waals surface area contributed by atoms with Gasteiger partial charge in [0.15, 0.2) is 5.96 Å². The topological polar surface area (TPSA) is 65.0 Å². The van der Waals surface area contributed by atoms with E-state index in [1.807, 2.05) is 7.05 Å². The second-order valence-corrected chi connectivity index (χ2v) is 9.65. The Kier molecular flexibility index (Phi) is 6.92. The average Bonchev–Trinajstić information content (AvgIpc) is 2.98. The van der Waals surface area contributed by atoms with E-state index < -0.39 is 10.0 Å². The fourth-order valence-corrected chi connectivity index (χ4v) is 4.87. The molecule has 0 unspecified atom stereocenters. The maximum absolute atomic E-state index is 11.7. The van der Waals surface area contributed by atoms with Crippen molar-refractivity contribution in [1.82, 2.24) is 14.5 Å². The van der Waals surface area contributed by atoms with Gasteiger partial charge < -0.3 is 10.2 Å². The van der Waals surface area contributed by atoms with Crippen LogP contribution in [0.15, 0.2) is 4.99 Å². The highest BCUT2D eigenvalue weighted by Gasteiger charge is 2.39. The molecule has 140 valence electrons. The summed E-state index contributed by atoms with van der Waals surface area (Å²) in [6, 6.07) is 0. The Morgan fingerprint density at radius 2 is 1.96 bits per heavy atom. The first-order valence-electron chi connectivity index (χ1n) is 9.32. The van der Waals surface area contributed by atoms with E-state index in [9.17, 15) is 8.42 Å². The molecular formula is C17H34N4O2S. The van der Waals surface area contributed by atoms with Crippen LogP contribution in [-0.4, -0.2) is 69.6 Å². The van der Waals surface area contributed by atoms with Gasteiger partial charge in [-0.25, -0.2) is 12.7 Å². The molecule has 0 aromatic rings. The summed E-state index contributed by atoms with van der Waals surface area (Å²) in [7, 11) is 0.415. The molecule has 1 heterocycles. The molecule has 1 saturated heterocycles. The van der Waals surface area contributed by atoms with Gasteiger partial charge in [-0.3, -0.25) is 4.99 Å². The Labute approximate surface area is 147 Å². The van der Waals surface area contributed by atoms with Crippen LogP contribution in [0.1, 0.15) is 51.9 Å². The first-order valence-corrected chi connectivity index (χ1v) is 10.9. The van der Waals surface area contributed by atoms with Gasteiger partial charge in [-0.15, -0.1) is 0 Å². The molecule has 1 N–H and O–H groups in total. The Balaban J connectivity index is 1.75. The Hall–Kier alpha value is -0.820. The summed E-state index contributed by atoms with van der Waals surface area (Å²) in [4.78, 5) is 6.82. The van der Waals surface area contributed by atoms with E-state index in [-0.39, 0.29) is 5.75 Å². The number of hydrogen-bond donors (Lipinski definition) is 1. The molecule has 0 amide bonds. The van der Waals surface area contributed by atoms with E-state index in [1.54, 1.807) is 14.0 Å². The Morgan fingerprint density at radius 3 is 2.58 bits per heavy atom. The van der Waals surface area contributed by atoms with Crippen LogP contribution in [0.5, 0.6) is 0 Å². The van der Waals surface area contributed by atoms with Gasteiger partial charge in [-0.1, -0.05) is 19.3 Å². The number of guanidine groups is 1. The van der Waals surface area contributed by atoms with Crippen LogP contribution in [0.25, 0.3) is 0 Å². The second-order valence-electron chi connectivity index (χ2n) is 7.28. The van der Waals surface area contributed by atoms with E-state index in [0.29, 0.717) is 12.0 Å². The molecule has 2 rings (SSSR count). The molecule has 24 heavy (non-hydrogen) atoms. The number of aliphatic imine (C=N–C) groups is 1. The Bertz CT molecular complexity index is 527. The van der Waals surface area contributed by atoms with Gasteiger partial charge in [0.25, 0.3) is 0 Å². The van der Waals surface area contributed by atoms with Crippen LogP contribution in [0, 0.1) is 5.41 Å². The first kappa shape index (κ1) is 19.5. The molecule has 0 bridgehead atoms. The number of hydrogen-bond acceptors (Lipinski definition) is 3. The molecule has 2 aliphatic rings. The van der Waals surface area contributed by atoms with Gasteiger partial charge in [0, 0.05) is 40.3 Å². The van der Waals surface area contributed by atoms with Gasteiger partial charge in [0.2, 0.25) is 10.0 Å². The Morgan fingerprint density at radius 1 is 1.25 bits per heavy atom. The van der Waals surface area contributed by atoms with E-state index in [0.717, 1.165) is 32.0 Å². The van der Waals surface area contributed by atoms with Crippen molar-refractivity contribution < 1.29 is 8.42 Å². The molecule has 0 atom stereocenters. The summed E-state index contributed by atoms with van der Waals surface area (Å²) in [6.07, 6.45) is 8.93. The molecule has 1 aliphatic carbocycles. The van der Waals surface area contributed by atoms with E-state index in [1.165, 1.54) is 42.8 Å². The van der Waals surface area contributed by atoms with Gasteiger partial charge in [-0.2, -0.15) is 0 Å². The summed E-state index contributed by atoms with van der Waals surface area (Å²) in [6.45, 7) is 5.19. The van der Waals surface area contributed by atoms with Crippen LogP contribution < -0.4 is 5.32 Å². The zero-order valence-corrected chi connectivity index (χ0v) is 16.4. The van der Waals surface area contributed by atoms with Crippen molar-refractivity contribution in [2.75, 3.05) is 46.0 Å². The van der Waals surface area contributed by atoms with E-state index in [4.69, 9.17) is 0 Å². The predicted molar refractivity (Wildman–Crippen MR) is 99.8 cm³/mol. The summed E-state index contributed by atoms with van der Waals surface area (Å²) < 4.78 is 24.9. The fraction of sp³-hybridized carbons (Fsp3) is 0.941. The number of nitrogens with one attached hydrogen (secondary N) is 1. The molecule has 0 aromatic heterocycles. The average molecular weight is 359 g/mol. The van der Waals surface area contributed by atoms with Crippen LogP contribution in [0.4, 0.5) is 0 Å². The highest BCUT2D eigenvalue weighted by molar-refractivity contribution is 7.89. The minimum Gasteiger partial charge on any atom is -0.356 e. The maximum atomic E-state index is 11.7. The summed E-state index contributed by atoms with van der Waals surface area (Å²) in [5.74, 6) is 1.13. The summed E-state index contributed by atoms with van der Waals surface area (Å²) in [5, 5.41) is 3.41. The number of nitrogens with zero attached hydrogens (tertiary/aromatic N) is 3. The quantitative estimate of drug-likeness (QED) is 0.447. The zero-order valence-electron chi connectivity index (χ0n) is 15.6. The van der Waals surface area contributed by atoms with Crippen molar-refractivity contribution >= 4 is 16.0 Å². The first-order chi connectivity index (χ1) is 11.4. The van der Waals surface area contributed by atoms with Crippen molar-refractivity contribution in [1.29, 1.82) is 0 Å². The van der Waals surface area contributed by atoms with E-state index >= 15 is 0 Å². The molecule has 2 fully saturated rings. The van der Waals surface area contributed by atoms with Crippen molar-refractivity contribution in [2.24, 2.45) is 10.4 Å². The second kappa shape index (κ2) is 8.52. The molecule has 0 radical (unpaired) electrons. The van der Waals surface area contributed by atoms with Crippen LogP contribution >= 0.6 is 0 Å². The molecule has 1 spiro atoms. The van der Waals surface area contributed by atoms with Gasteiger partial charge in [0.1, 0.15) is 0 Å². The molecule has 1 aliphatic heterocycles. The molecule has 0 aromatic carbocycles. The maximum Gasteiger partial charge on any atom is 0.213 e. The SMILES string of the molecule is CCS(=O)(=O)N(C)CCCNC(=NC)N1CCC2(CCCCC2)C1. The van der Waals surface area contributed by atoms with Crippen molar-refractivity contribution in [3.8, 4) is 0 Å². The molecule has 7 heteroatoms. The smallest absolute Gasteiger partial charge is 0.213 e. The summed E-state index contributed by atoms with van der Waals surface area (Å²) >= 11 is 0. The normalized spacial score (nSPS) is 21.7. The van der Waals surface area contributed by atoms with Crippen molar-refractivity contribution in [2.45, 2.75) is 51.9 Å². The number of likely N-dealkylation sites (tertiary alicyclic amines) is 1. The molecule has 6 nitrogen and oxygen atoms in total. The highest BCUT2D eigenvalue weighted by atomic mass is 32.2. The van der Waals surface area contributed by atoms with Crippen LogP contribution in [0.3, 0.4) is 0 Å². The van der Waals surface area contributed by atoms with Gasteiger partial charge in [-0.05, 0) is 38.0 Å². The third kappa shape index (κ3) is 4.85. The number of sulfonamides is 1. The van der Waals surface area contributed by atoms with Crippen LogP contribution in [-0.2, 0) is 10.0 Å². The largest absolute Gasteiger partial charge is 0.356 e. The minimum atomic E-state index is -3.07. The third-order valence-corrected chi connectivity index (χ3v) is 7.50. The van der Waals surface area contributed by atoms with Crippen molar-refractivity contribution in [3.63, 3.8) is 0 Å². The third-order valence-electron chi connectivity index (χ3n) is 5.64. The van der Waals surface area contributed by atoms with Crippen LogP contribution in [0.2, 0.25) is 0 Å². The van der Waals surface area contributed by atoms with Gasteiger partial charge >= 0.3 is 0 Å². The lowest BCUT2D eigenvalue weighted by Crippen LogP contribution is -2.42.